The van der Waals surface area contributed by atoms with Crippen molar-refractivity contribution in [2.24, 2.45) is 0 Å². The van der Waals surface area contributed by atoms with Crippen LogP contribution in [0.25, 0.3) is 99.8 Å². The fraction of sp³-hybridized carbons (Fsp3) is 0. The summed E-state index contributed by atoms with van der Waals surface area (Å²) in [6.45, 7) is 0. The summed E-state index contributed by atoms with van der Waals surface area (Å²) in [6.07, 6.45) is 4.62. The van der Waals surface area contributed by atoms with Crippen LogP contribution in [0.5, 0.6) is 0 Å². The lowest BCUT2D eigenvalue weighted by atomic mass is 9.81. The highest BCUT2D eigenvalue weighted by Crippen LogP contribution is 2.50. The molecule has 0 aromatic heterocycles. The van der Waals surface area contributed by atoms with Gasteiger partial charge in [0, 0.05) is 0 Å². The minimum Gasteiger partial charge on any atom is -0.0622 e. The Kier molecular flexibility index (Phi) is 10.7. The largest absolute Gasteiger partial charge is 0.0622 e. The van der Waals surface area contributed by atoms with Crippen molar-refractivity contribution in [3.63, 3.8) is 0 Å². The first-order valence-electron chi connectivity index (χ1n) is 23.5. The van der Waals surface area contributed by atoms with E-state index in [0.717, 1.165) is 11.1 Å². The third-order valence-electron chi connectivity index (χ3n) is 13.5. The Balaban J connectivity index is 1.01. The molecule has 0 aliphatic carbocycles. The summed E-state index contributed by atoms with van der Waals surface area (Å²) in [5.41, 5.74) is 17.0. The summed E-state index contributed by atoms with van der Waals surface area (Å²) >= 11 is 0. The highest BCUT2D eigenvalue weighted by atomic mass is 14.2. The van der Waals surface area contributed by atoms with Crippen LogP contribution in [0, 0.1) is 0 Å². The first kappa shape index (κ1) is 40.7. The van der Waals surface area contributed by atoms with E-state index in [-0.39, 0.29) is 0 Å². The van der Waals surface area contributed by atoms with E-state index in [0.29, 0.717) is 0 Å². The summed E-state index contributed by atoms with van der Waals surface area (Å²) in [6, 6.07) is 97.1. The fourth-order valence-electron chi connectivity index (χ4n) is 10.4. The van der Waals surface area contributed by atoms with Crippen molar-refractivity contribution in [1.82, 2.24) is 0 Å². The quantitative estimate of drug-likeness (QED) is 0.100. The number of fused-ring (bicyclic) bond motifs is 4. The van der Waals surface area contributed by atoms with Crippen LogP contribution in [0.2, 0.25) is 0 Å². The summed E-state index contributed by atoms with van der Waals surface area (Å²) in [4.78, 5) is 0. The lowest BCUT2D eigenvalue weighted by Crippen LogP contribution is -1.94. The van der Waals surface area contributed by atoms with Crippen molar-refractivity contribution in [2.75, 3.05) is 0 Å². The molecule has 0 fully saturated rings. The maximum absolute atomic E-state index is 2.33. The molecule has 12 rings (SSSR count). The zero-order valence-corrected chi connectivity index (χ0v) is 37.6. The molecule has 0 heterocycles. The minimum absolute atomic E-state index is 1.16. The molecule has 0 N–H and O–H groups in total. The van der Waals surface area contributed by atoms with Crippen LogP contribution in [-0.2, 0) is 0 Å². The Hall–Kier alpha value is -8.84. The maximum Gasteiger partial charge on any atom is -0.00139 e. The van der Waals surface area contributed by atoms with Gasteiger partial charge in [-0.05, 0) is 133 Å². The molecule has 0 amide bonds. The minimum atomic E-state index is 1.16. The second kappa shape index (κ2) is 17.9. The Morgan fingerprint density at radius 1 is 0.191 bits per heavy atom. The van der Waals surface area contributed by atoms with Crippen molar-refractivity contribution in [3.8, 4) is 33.4 Å². The topological polar surface area (TPSA) is 0 Å². The Labute approximate surface area is 398 Å². The first-order chi connectivity index (χ1) is 33.8. The molecule has 318 valence electrons. The maximum atomic E-state index is 2.33. The normalized spacial score (nSPS) is 11.2. The second-order valence-corrected chi connectivity index (χ2v) is 17.5. The molecular weight excluding hydrogens is 817 g/mol. The first-order valence-corrected chi connectivity index (χ1v) is 23.5. The third-order valence-corrected chi connectivity index (χ3v) is 13.5. The molecule has 0 saturated heterocycles. The molecule has 12 aromatic carbocycles. The van der Waals surface area contributed by atoms with Gasteiger partial charge < -0.3 is 0 Å². The number of hydrogen-bond acceptors (Lipinski definition) is 0. The SMILES string of the molecule is C(=C(c1ccccc1)c1ccccc1)c1ccc(-c2c3ccccc3c(-c3c4ccccc4c(-c4ccc(C=C(c5ccccc5)c5ccccc5)cc4)c4ccccc34)c3ccccc23)cc1. The molecular formula is C68H46. The van der Waals surface area contributed by atoms with Crippen molar-refractivity contribution in [3.05, 3.63) is 300 Å². The summed E-state index contributed by atoms with van der Waals surface area (Å²) in [7, 11) is 0. The molecule has 0 aliphatic heterocycles. The van der Waals surface area contributed by atoms with Gasteiger partial charge in [-0.15, -0.1) is 0 Å². The average molecular weight is 863 g/mol. The molecule has 0 atom stereocenters. The van der Waals surface area contributed by atoms with E-state index in [1.54, 1.807) is 0 Å². The fourth-order valence-corrected chi connectivity index (χ4v) is 10.4. The van der Waals surface area contributed by atoms with Gasteiger partial charge in [0.2, 0.25) is 0 Å². The van der Waals surface area contributed by atoms with Gasteiger partial charge >= 0.3 is 0 Å². The number of hydrogen-bond donors (Lipinski definition) is 0. The van der Waals surface area contributed by atoms with Crippen molar-refractivity contribution in [2.45, 2.75) is 0 Å². The van der Waals surface area contributed by atoms with Crippen LogP contribution >= 0.6 is 0 Å². The van der Waals surface area contributed by atoms with Crippen LogP contribution < -0.4 is 0 Å². The van der Waals surface area contributed by atoms with Gasteiger partial charge in [-0.25, -0.2) is 0 Å². The molecule has 0 heteroatoms. The molecule has 0 aliphatic rings. The van der Waals surface area contributed by atoms with E-state index in [1.165, 1.54) is 110 Å². The van der Waals surface area contributed by atoms with E-state index >= 15 is 0 Å². The predicted octanol–water partition coefficient (Wildman–Crippen LogP) is 18.5. The molecule has 0 bridgehead atoms. The van der Waals surface area contributed by atoms with Crippen LogP contribution in [0.3, 0.4) is 0 Å². The predicted molar refractivity (Wildman–Crippen MR) is 292 cm³/mol. The molecule has 68 heavy (non-hydrogen) atoms. The summed E-state index contributed by atoms with van der Waals surface area (Å²) in [5, 5.41) is 9.94. The zero-order chi connectivity index (χ0) is 45.2. The van der Waals surface area contributed by atoms with Crippen molar-refractivity contribution >= 4 is 66.4 Å². The molecule has 12 aromatic rings. The monoisotopic (exact) mass is 862 g/mol. The highest BCUT2D eigenvalue weighted by molar-refractivity contribution is 6.30. The van der Waals surface area contributed by atoms with Crippen LogP contribution in [0.4, 0.5) is 0 Å². The lowest BCUT2D eigenvalue weighted by Gasteiger charge is -2.22. The number of benzene rings is 12. The van der Waals surface area contributed by atoms with Crippen LogP contribution in [-0.4, -0.2) is 0 Å². The number of rotatable bonds is 9. The Morgan fingerprint density at radius 2 is 0.397 bits per heavy atom. The summed E-state index contributed by atoms with van der Waals surface area (Å²) in [5.74, 6) is 0. The molecule has 0 radical (unpaired) electrons. The molecule has 0 saturated carbocycles. The van der Waals surface area contributed by atoms with Gasteiger partial charge in [0.25, 0.3) is 0 Å². The van der Waals surface area contributed by atoms with Crippen molar-refractivity contribution < 1.29 is 0 Å². The van der Waals surface area contributed by atoms with Crippen LogP contribution in [0.1, 0.15) is 33.4 Å². The highest BCUT2D eigenvalue weighted by Gasteiger charge is 2.22. The standard InChI is InChI=1S/C68H46/c1-5-21-49(22-6-1)63(50-23-7-2-8-24-50)45-47-37-41-53(42-38-47)65-55-29-13-17-33-59(55)67(60-34-18-14-30-56(60)65)68-61-35-19-15-31-57(61)66(58-32-16-20-36-62(58)68)54-43-39-48(40-44-54)46-64(51-25-9-3-10-26-51)52-27-11-4-12-28-52/h1-46H. The Morgan fingerprint density at radius 3 is 0.632 bits per heavy atom. The van der Waals surface area contributed by atoms with Crippen LogP contribution in [0.15, 0.2) is 267 Å². The smallest absolute Gasteiger partial charge is 0.00139 e. The molecule has 0 nitrogen and oxygen atoms in total. The molecule has 0 unspecified atom stereocenters. The molecule has 0 spiro atoms. The van der Waals surface area contributed by atoms with E-state index < -0.39 is 0 Å². The van der Waals surface area contributed by atoms with Gasteiger partial charge in [0.05, 0.1) is 0 Å². The Bertz CT molecular complexity index is 3370. The van der Waals surface area contributed by atoms with E-state index in [1.807, 2.05) is 0 Å². The van der Waals surface area contributed by atoms with E-state index in [4.69, 9.17) is 0 Å². The van der Waals surface area contributed by atoms with Crippen molar-refractivity contribution in [1.29, 1.82) is 0 Å². The third kappa shape index (κ3) is 7.49. The van der Waals surface area contributed by atoms with Gasteiger partial charge in [-0.2, -0.15) is 0 Å². The lowest BCUT2D eigenvalue weighted by molar-refractivity contribution is 1.55. The zero-order valence-electron chi connectivity index (χ0n) is 37.6. The van der Waals surface area contributed by atoms with Gasteiger partial charge in [-0.3, -0.25) is 0 Å². The van der Waals surface area contributed by atoms with Gasteiger partial charge in [-0.1, -0.05) is 267 Å². The second-order valence-electron chi connectivity index (χ2n) is 17.5. The average Bonchev–Trinajstić information content (AvgIpc) is 3.42. The van der Waals surface area contributed by atoms with E-state index in [9.17, 15) is 0 Å². The van der Waals surface area contributed by atoms with Gasteiger partial charge in [0.15, 0.2) is 0 Å². The van der Waals surface area contributed by atoms with Gasteiger partial charge in [0.1, 0.15) is 0 Å². The summed E-state index contributed by atoms with van der Waals surface area (Å²) < 4.78 is 0. The van der Waals surface area contributed by atoms with E-state index in [2.05, 4.69) is 279 Å².